The Hall–Kier alpha value is 0.469. The Labute approximate surface area is 138 Å². The summed E-state index contributed by atoms with van der Waals surface area (Å²) in [6, 6.07) is 0. The summed E-state index contributed by atoms with van der Waals surface area (Å²) in [5.74, 6) is 0. The van der Waals surface area contributed by atoms with Gasteiger partial charge in [0.25, 0.3) is 0 Å². The van der Waals surface area contributed by atoms with Gasteiger partial charge >= 0.3 is 139 Å². The van der Waals surface area contributed by atoms with E-state index in [1.54, 1.807) is 13.3 Å². The molecular weight excluding hydrogens is 363 g/mol. The maximum atomic E-state index is 11.1. The van der Waals surface area contributed by atoms with Crippen LogP contribution in [0.5, 0.6) is 0 Å². The molecule has 0 aromatic heterocycles. The minimum atomic E-state index is -1.93. The van der Waals surface area contributed by atoms with E-state index in [2.05, 4.69) is 34.6 Å². The standard InChI is InChI=1S/C7H13O.3C4H9.Sn/c1-4-5-7(2,3)6-8;3*1-3-4-2;/h6H,1,4-5H2,2-3H3;3*1,3-4H2,2H3;. The fourth-order valence-electron chi connectivity index (χ4n) is 3.38. The molecule has 0 aromatic rings. The Balaban J connectivity index is 4.65. The van der Waals surface area contributed by atoms with Crippen LogP contribution in [0.3, 0.4) is 0 Å². The first-order valence-electron chi connectivity index (χ1n) is 9.41. The third-order valence-corrected chi connectivity index (χ3v) is 21.2. The van der Waals surface area contributed by atoms with E-state index in [9.17, 15) is 4.79 Å². The Morgan fingerprint density at radius 2 is 1.14 bits per heavy atom. The Morgan fingerprint density at radius 1 is 0.762 bits per heavy atom. The first-order valence-corrected chi connectivity index (χ1v) is 17.5. The molecule has 2 heteroatoms. The molecule has 0 N–H and O–H groups in total. The van der Waals surface area contributed by atoms with Gasteiger partial charge in [0.15, 0.2) is 0 Å². The van der Waals surface area contributed by atoms with Crippen molar-refractivity contribution in [3.63, 3.8) is 0 Å². The molecular formula is C19H40OSn. The maximum absolute atomic E-state index is 11.1. The SMILES string of the molecule is CCC[CH2][Sn]([CH2]CCC)([CH2]CCC)[CH2]CCC(C)(C)C=O. The van der Waals surface area contributed by atoms with Crippen LogP contribution < -0.4 is 0 Å². The second kappa shape index (κ2) is 12.0. The van der Waals surface area contributed by atoms with Gasteiger partial charge in [0.1, 0.15) is 0 Å². The number of rotatable bonds is 14. The summed E-state index contributed by atoms with van der Waals surface area (Å²) in [6.07, 6.45) is 12.0. The first-order chi connectivity index (χ1) is 9.95. The number of unbranched alkanes of at least 4 members (excludes halogenated alkanes) is 3. The summed E-state index contributed by atoms with van der Waals surface area (Å²) in [5, 5.41) is 0. The third kappa shape index (κ3) is 9.97. The normalized spacial score (nSPS) is 12.6. The zero-order valence-corrected chi connectivity index (χ0v) is 18.3. The van der Waals surface area contributed by atoms with E-state index >= 15 is 0 Å². The number of aldehydes is 1. The summed E-state index contributed by atoms with van der Waals surface area (Å²) in [5.41, 5.74) is -0.0993. The van der Waals surface area contributed by atoms with Crippen LogP contribution in [0.15, 0.2) is 0 Å². The van der Waals surface area contributed by atoms with E-state index in [4.69, 9.17) is 0 Å². The van der Waals surface area contributed by atoms with Crippen LogP contribution in [-0.2, 0) is 4.79 Å². The average molecular weight is 403 g/mol. The van der Waals surface area contributed by atoms with Crippen molar-refractivity contribution in [3.8, 4) is 0 Å². The summed E-state index contributed by atoms with van der Waals surface area (Å²) in [6.45, 7) is 11.2. The van der Waals surface area contributed by atoms with Gasteiger partial charge in [0, 0.05) is 0 Å². The molecule has 0 heterocycles. The van der Waals surface area contributed by atoms with Crippen LogP contribution in [0.2, 0.25) is 17.7 Å². The van der Waals surface area contributed by atoms with Crippen molar-refractivity contribution < 1.29 is 4.79 Å². The average Bonchev–Trinajstić information content (AvgIpc) is 2.48. The van der Waals surface area contributed by atoms with Gasteiger partial charge in [-0.1, -0.05) is 0 Å². The molecule has 0 aliphatic carbocycles. The van der Waals surface area contributed by atoms with Gasteiger partial charge in [-0.05, 0) is 0 Å². The number of carbonyl (C=O) groups excluding carboxylic acids is 1. The van der Waals surface area contributed by atoms with E-state index in [1.165, 1.54) is 49.4 Å². The molecule has 0 saturated carbocycles. The van der Waals surface area contributed by atoms with Crippen molar-refractivity contribution in [1.29, 1.82) is 0 Å². The van der Waals surface area contributed by atoms with Gasteiger partial charge in [-0.2, -0.15) is 0 Å². The molecule has 0 aliphatic rings. The third-order valence-electron chi connectivity index (χ3n) is 5.03. The zero-order valence-electron chi connectivity index (χ0n) is 15.5. The minimum absolute atomic E-state index is 0.0993. The van der Waals surface area contributed by atoms with Crippen molar-refractivity contribution in [2.24, 2.45) is 5.41 Å². The van der Waals surface area contributed by atoms with E-state index < -0.39 is 18.4 Å². The Morgan fingerprint density at radius 3 is 1.48 bits per heavy atom. The molecule has 0 amide bonds. The van der Waals surface area contributed by atoms with Crippen molar-refractivity contribution in [1.82, 2.24) is 0 Å². The fourth-order valence-corrected chi connectivity index (χ4v) is 19.8. The van der Waals surface area contributed by atoms with E-state index in [0.29, 0.717) is 0 Å². The van der Waals surface area contributed by atoms with Gasteiger partial charge in [0.05, 0.1) is 0 Å². The number of carbonyl (C=O) groups is 1. The van der Waals surface area contributed by atoms with Gasteiger partial charge in [-0.25, -0.2) is 0 Å². The molecule has 0 bridgehead atoms. The fraction of sp³-hybridized carbons (Fsp3) is 0.947. The predicted octanol–water partition coefficient (Wildman–Crippen LogP) is 6.84. The second-order valence-corrected chi connectivity index (χ2v) is 22.0. The van der Waals surface area contributed by atoms with Crippen molar-refractivity contribution in [2.75, 3.05) is 0 Å². The summed E-state index contributed by atoms with van der Waals surface area (Å²) in [7, 11) is 0. The molecule has 0 saturated heterocycles. The van der Waals surface area contributed by atoms with Crippen LogP contribution in [0, 0.1) is 5.41 Å². The van der Waals surface area contributed by atoms with E-state index in [0.717, 1.165) is 12.7 Å². The van der Waals surface area contributed by atoms with Gasteiger partial charge in [-0.15, -0.1) is 0 Å². The first kappa shape index (κ1) is 21.5. The van der Waals surface area contributed by atoms with Crippen molar-refractivity contribution in [3.05, 3.63) is 0 Å². The van der Waals surface area contributed by atoms with E-state index in [-0.39, 0.29) is 5.41 Å². The predicted molar refractivity (Wildman–Crippen MR) is 98.8 cm³/mol. The molecule has 1 nitrogen and oxygen atoms in total. The molecule has 126 valence electrons. The summed E-state index contributed by atoms with van der Waals surface area (Å²) < 4.78 is 6.35. The molecule has 0 unspecified atom stereocenters. The van der Waals surface area contributed by atoms with Crippen molar-refractivity contribution >= 4 is 24.7 Å². The summed E-state index contributed by atoms with van der Waals surface area (Å²) in [4.78, 5) is 11.1. The molecule has 0 atom stereocenters. The summed E-state index contributed by atoms with van der Waals surface area (Å²) >= 11 is -1.93. The quantitative estimate of drug-likeness (QED) is 0.229. The molecule has 0 spiro atoms. The van der Waals surface area contributed by atoms with Crippen LogP contribution in [0.25, 0.3) is 0 Å². The van der Waals surface area contributed by atoms with Crippen LogP contribution in [0.4, 0.5) is 0 Å². The molecule has 0 aliphatic heterocycles. The van der Waals surface area contributed by atoms with Crippen LogP contribution in [0.1, 0.15) is 86.0 Å². The Kier molecular flexibility index (Phi) is 12.2. The molecule has 0 aromatic carbocycles. The topological polar surface area (TPSA) is 17.1 Å². The second-order valence-electron chi connectivity index (χ2n) is 7.77. The Bertz CT molecular complexity index is 239. The van der Waals surface area contributed by atoms with Crippen LogP contribution in [-0.4, -0.2) is 24.7 Å². The van der Waals surface area contributed by atoms with Gasteiger partial charge in [0.2, 0.25) is 0 Å². The molecule has 0 fully saturated rings. The number of hydrogen-bond acceptors (Lipinski definition) is 1. The van der Waals surface area contributed by atoms with Crippen molar-refractivity contribution in [2.45, 2.75) is 104 Å². The van der Waals surface area contributed by atoms with Crippen LogP contribution >= 0.6 is 0 Å². The van der Waals surface area contributed by atoms with E-state index in [1.807, 2.05) is 0 Å². The number of hydrogen-bond donors (Lipinski definition) is 0. The van der Waals surface area contributed by atoms with Gasteiger partial charge < -0.3 is 0 Å². The van der Waals surface area contributed by atoms with Gasteiger partial charge in [-0.3, -0.25) is 0 Å². The monoisotopic (exact) mass is 404 g/mol. The molecule has 21 heavy (non-hydrogen) atoms. The molecule has 0 radical (unpaired) electrons. The zero-order chi connectivity index (χ0) is 16.2. The molecule has 0 rings (SSSR count).